The van der Waals surface area contributed by atoms with E-state index in [2.05, 4.69) is 4.98 Å². The predicted octanol–water partition coefficient (Wildman–Crippen LogP) is 1.88. The second-order valence-corrected chi connectivity index (χ2v) is 3.19. The molecule has 0 aliphatic heterocycles. The molecule has 12 heavy (non-hydrogen) atoms. The molecule has 2 nitrogen and oxygen atoms in total. The molecule has 0 spiro atoms. The van der Waals surface area contributed by atoms with Gasteiger partial charge in [-0.1, -0.05) is 30.3 Å². The molecule has 0 amide bonds. The predicted molar refractivity (Wildman–Crippen MR) is 47.0 cm³/mol. The van der Waals surface area contributed by atoms with Crippen molar-refractivity contribution in [3.63, 3.8) is 0 Å². The number of aromatic nitrogens is 1. The first kappa shape index (κ1) is 7.31. The number of thiazole rings is 1. The van der Waals surface area contributed by atoms with Crippen LogP contribution in [0.25, 0.3) is 11.3 Å². The standard InChI is InChI=1S/C9H7NOS/c11-9-10-8(6-12-9)7-4-2-1-3-5-7/h1-6H,(H,10,11)/p-1. The van der Waals surface area contributed by atoms with E-state index in [0.29, 0.717) is 0 Å². The van der Waals surface area contributed by atoms with Crippen molar-refractivity contribution in [3.8, 4) is 16.5 Å². The lowest BCUT2D eigenvalue weighted by Crippen LogP contribution is -1.86. The SMILES string of the molecule is [O-]c1nc(-c2ccccc2)cs1. The number of nitrogens with zero attached hydrogens (tertiary/aromatic N) is 1. The first-order valence-electron chi connectivity index (χ1n) is 3.54. The summed E-state index contributed by atoms with van der Waals surface area (Å²) < 4.78 is 0. The van der Waals surface area contributed by atoms with Crippen molar-refractivity contribution in [1.29, 1.82) is 0 Å². The minimum absolute atomic E-state index is 0.131. The third-order valence-electron chi connectivity index (χ3n) is 1.55. The fraction of sp³-hybridized carbons (Fsp3) is 0. The van der Waals surface area contributed by atoms with E-state index in [9.17, 15) is 5.11 Å². The van der Waals surface area contributed by atoms with E-state index in [-0.39, 0.29) is 5.19 Å². The summed E-state index contributed by atoms with van der Waals surface area (Å²) in [6.45, 7) is 0. The van der Waals surface area contributed by atoms with Gasteiger partial charge in [-0.05, 0) is 0 Å². The van der Waals surface area contributed by atoms with Crippen LogP contribution >= 0.6 is 11.3 Å². The van der Waals surface area contributed by atoms with Crippen LogP contribution < -0.4 is 5.11 Å². The lowest BCUT2D eigenvalue weighted by molar-refractivity contribution is -0.268. The van der Waals surface area contributed by atoms with E-state index in [1.54, 1.807) is 5.38 Å². The molecule has 1 aromatic heterocycles. The van der Waals surface area contributed by atoms with Crippen LogP contribution in [-0.2, 0) is 0 Å². The Kier molecular flexibility index (Phi) is 1.80. The number of rotatable bonds is 1. The van der Waals surface area contributed by atoms with Gasteiger partial charge in [0.25, 0.3) is 0 Å². The molecule has 3 heteroatoms. The maximum absolute atomic E-state index is 10.8. The maximum atomic E-state index is 10.8. The van der Waals surface area contributed by atoms with Gasteiger partial charge in [0.05, 0.1) is 5.69 Å². The van der Waals surface area contributed by atoms with Gasteiger partial charge in [0, 0.05) is 16.1 Å². The van der Waals surface area contributed by atoms with Crippen molar-refractivity contribution in [2.24, 2.45) is 0 Å². The molecule has 2 aromatic rings. The van der Waals surface area contributed by atoms with Crippen molar-refractivity contribution in [1.82, 2.24) is 4.98 Å². The molecule has 0 fully saturated rings. The molecule has 2 rings (SSSR count). The minimum Gasteiger partial charge on any atom is -0.851 e. The molecule has 60 valence electrons. The Hall–Kier alpha value is -1.35. The van der Waals surface area contributed by atoms with Gasteiger partial charge in [0.1, 0.15) is 0 Å². The topological polar surface area (TPSA) is 36.0 Å². The Morgan fingerprint density at radius 1 is 1.17 bits per heavy atom. The highest BCUT2D eigenvalue weighted by Gasteiger charge is 1.97. The van der Waals surface area contributed by atoms with Gasteiger partial charge >= 0.3 is 0 Å². The van der Waals surface area contributed by atoms with Crippen LogP contribution in [0.15, 0.2) is 35.7 Å². The van der Waals surface area contributed by atoms with Crippen LogP contribution in [0.4, 0.5) is 0 Å². The molecule has 0 N–H and O–H groups in total. The Morgan fingerprint density at radius 3 is 2.50 bits per heavy atom. The third kappa shape index (κ3) is 1.31. The molecule has 0 bridgehead atoms. The average Bonchev–Trinajstić information content (AvgIpc) is 2.54. The van der Waals surface area contributed by atoms with E-state index in [4.69, 9.17) is 0 Å². The van der Waals surface area contributed by atoms with Crippen LogP contribution in [0.3, 0.4) is 0 Å². The van der Waals surface area contributed by atoms with Crippen molar-refractivity contribution < 1.29 is 5.11 Å². The number of hydrogen-bond donors (Lipinski definition) is 0. The molecule has 0 aliphatic rings. The Bertz CT molecular complexity index is 369. The molecule has 0 radical (unpaired) electrons. The Balaban J connectivity index is 2.45. The third-order valence-corrected chi connectivity index (χ3v) is 2.19. The van der Waals surface area contributed by atoms with Gasteiger partial charge in [-0.25, -0.2) is 0 Å². The lowest BCUT2D eigenvalue weighted by atomic mass is 10.2. The van der Waals surface area contributed by atoms with E-state index >= 15 is 0 Å². The fourth-order valence-corrected chi connectivity index (χ4v) is 1.55. The van der Waals surface area contributed by atoms with Crippen LogP contribution in [0.1, 0.15) is 0 Å². The molecular formula is C9H6NOS-. The summed E-state index contributed by atoms with van der Waals surface area (Å²) in [5.74, 6) is 0. The molecule has 1 aromatic carbocycles. The average molecular weight is 176 g/mol. The zero-order valence-corrected chi connectivity index (χ0v) is 7.04. The van der Waals surface area contributed by atoms with Crippen molar-refractivity contribution in [2.45, 2.75) is 0 Å². The summed E-state index contributed by atoms with van der Waals surface area (Å²) in [7, 11) is 0. The largest absolute Gasteiger partial charge is 0.851 e. The minimum atomic E-state index is -0.131. The normalized spacial score (nSPS) is 10.0. The first-order chi connectivity index (χ1) is 5.86. The van der Waals surface area contributed by atoms with Gasteiger partial charge < -0.3 is 5.11 Å². The number of benzene rings is 1. The monoisotopic (exact) mass is 176 g/mol. The Morgan fingerprint density at radius 2 is 1.92 bits per heavy atom. The summed E-state index contributed by atoms with van der Waals surface area (Å²) in [6, 6.07) is 9.68. The van der Waals surface area contributed by atoms with Crippen LogP contribution in [-0.4, -0.2) is 4.98 Å². The second kappa shape index (κ2) is 2.95. The highest BCUT2D eigenvalue weighted by atomic mass is 32.1. The van der Waals surface area contributed by atoms with E-state index in [1.165, 1.54) is 0 Å². The van der Waals surface area contributed by atoms with Crippen LogP contribution in [0, 0.1) is 0 Å². The first-order valence-corrected chi connectivity index (χ1v) is 4.42. The second-order valence-electron chi connectivity index (χ2n) is 2.36. The van der Waals surface area contributed by atoms with Gasteiger partial charge in [-0.2, -0.15) is 0 Å². The van der Waals surface area contributed by atoms with E-state index in [0.717, 1.165) is 22.6 Å². The summed E-state index contributed by atoms with van der Waals surface area (Å²) in [4.78, 5) is 3.84. The fourth-order valence-electron chi connectivity index (χ4n) is 0.999. The highest BCUT2D eigenvalue weighted by Crippen LogP contribution is 2.22. The van der Waals surface area contributed by atoms with Crippen LogP contribution in [0.5, 0.6) is 5.19 Å². The smallest absolute Gasteiger partial charge is 0.0803 e. The summed E-state index contributed by atoms with van der Waals surface area (Å²) >= 11 is 1.13. The van der Waals surface area contributed by atoms with E-state index in [1.807, 2.05) is 30.3 Å². The summed E-state index contributed by atoms with van der Waals surface area (Å²) in [6.07, 6.45) is 0. The van der Waals surface area contributed by atoms with Gasteiger partial charge in [-0.3, -0.25) is 4.98 Å². The number of hydrogen-bond acceptors (Lipinski definition) is 3. The van der Waals surface area contributed by atoms with E-state index < -0.39 is 0 Å². The molecule has 0 aliphatic carbocycles. The van der Waals surface area contributed by atoms with Gasteiger partial charge in [0.2, 0.25) is 0 Å². The molecular weight excluding hydrogens is 170 g/mol. The van der Waals surface area contributed by atoms with Crippen molar-refractivity contribution >= 4 is 11.3 Å². The van der Waals surface area contributed by atoms with Crippen molar-refractivity contribution in [3.05, 3.63) is 35.7 Å². The Labute approximate surface area is 74.1 Å². The molecule has 0 unspecified atom stereocenters. The van der Waals surface area contributed by atoms with Crippen molar-refractivity contribution in [2.75, 3.05) is 0 Å². The molecule has 0 saturated heterocycles. The zero-order valence-electron chi connectivity index (χ0n) is 6.23. The zero-order chi connectivity index (χ0) is 8.39. The summed E-state index contributed by atoms with van der Waals surface area (Å²) in [5, 5.41) is 12.4. The maximum Gasteiger partial charge on any atom is 0.0803 e. The molecule has 1 heterocycles. The quantitative estimate of drug-likeness (QED) is 0.665. The molecule has 0 atom stereocenters. The van der Waals surface area contributed by atoms with Crippen LogP contribution in [0.2, 0.25) is 0 Å². The van der Waals surface area contributed by atoms with Gasteiger partial charge in [-0.15, -0.1) is 11.3 Å². The lowest BCUT2D eigenvalue weighted by Gasteiger charge is -1.95. The van der Waals surface area contributed by atoms with Gasteiger partial charge in [0.15, 0.2) is 0 Å². The summed E-state index contributed by atoms with van der Waals surface area (Å²) in [5.41, 5.74) is 1.77. The molecule has 0 saturated carbocycles. The highest BCUT2D eigenvalue weighted by molar-refractivity contribution is 7.11.